The van der Waals surface area contributed by atoms with Crippen molar-refractivity contribution in [1.29, 1.82) is 0 Å². The highest BCUT2D eigenvalue weighted by Crippen LogP contribution is 2.17. The van der Waals surface area contributed by atoms with Crippen molar-refractivity contribution in [3.8, 4) is 0 Å². The van der Waals surface area contributed by atoms with E-state index in [0.29, 0.717) is 11.1 Å². The van der Waals surface area contributed by atoms with Crippen molar-refractivity contribution in [2.45, 2.75) is 17.9 Å². The van der Waals surface area contributed by atoms with Gasteiger partial charge in [-0.25, -0.2) is 4.39 Å². The Morgan fingerprint density at radius 1 is 1.16 bits per heavy atom. The molecule has 2 rings (SSSR count). The number of carbonyl (C=O) groups is 1. The molecule has 1 amide bonds. The Morgan fingerprint density at radius 2 is 1.79 bits per heavy atom. The minimum absolute atomic E-state index is 0.232. The molecular weight excluding hydrogens is 261 g/mol. The van der Waals surface area contributed by atoms with E-state index in [4.69, 9.17) is 0 Å². The third-order valence-corrected chi connectivity index (χ3v) is 3.15. The molecule has 19 heavy (non-hydrogen) atoms. The topological polar surface area (TPSA) is 29.1 Å². The maximum Gasteiger partial charge on any atom is 0.251 e. The number of amides is 1. The molecule has 0 radical (unpaired) electrons. The summed E-state index contributed by atoms with van der Waals surface area (Å²) >= 11 is 4.16. The van der Waals surface area contributed by atoms with E-state index >= 15 is 0 Å². The quantitative estimate of drug-likeness (QED) is 0.823. The van der Waals surface area contributed by atoms with Gasteiger partial charge in [-0.2, -0.15) is 0 Å². The molecule has 0 aliphatic carbocycles. The first-order valence-corrected chi connectivity index (χ1v) is 6.37. The second-order valence-corrected chi connectivity index (χ2v) is 4.78. The third-order valence-electron chi connectivity index (χ3n) is 2.85. The summed E-state index contributed by atoms with van der Waals surface area (Å²) < 4.78 is 13.6. The summed E-state index contributed by atoms with van der Waals surface area (Å²) in [4.78, 5) is 12.8. The highest BCUT2D eigenvalue weighted by atomic mass is 32.1. The van der Waals surface area contributed by atoms with Gasteiger partial charge in [0.15, 0.2) is 0 Å². The van der Waals surface area contributed by atoms with Crippen LogP contribution in [0, 0.1) is 5.82 Å². The monoisotopic (exact) mass is 275 g/mol. The van der Waals surface area contributed by atoms with Gasteiger partial charge in [0.1, 0.15) is 5.82 Å². The van der Waals surface area contributed by atoms with E-state index < -0.39 is 0 Å². The zero-order valence-corrected chi connectivity index (χ0v) is 11.3. The summed E-state index contributed by atoms with van der Waals surface area (Å²) in [5.74, 6) is -0.551. The lowest BCUT2D eigenvalue weighted by Gasteiger charge is -2.15. The average Bonchev–Trinajstić information content (AvgIpc) is 2.39. The number of rotatable bonds is 3. The number of benzene rings is 2. The Hall–Kier alpha value is -1.81. The fraction of sp³-hybridized carbons (Fsp3) is 0.133. The van der Waals surface area contributed by atoms with Crippen LogP contribution < -0.4 is 5.32 Å². The van der Waals surface area contributed by atoms with Crippen molar-refractivity contribution in [2.75, 3.05) is 0 Å². The molecule has 0 aromatic heterocycles. The summed E-state index contributed by atoms with van der Waals surface area (Å²) in [7, 11) is 0. The molecule has 0 aliphatic rings. The van der Waals surface area contributed by atoms with Gasteiger partial charge in [0.2, 0.25) is 0 Å². The van der Waals surface area contributed by atoms with Crippen LogP contribution in [-0.4, -0.2) is 5.91 Å². The van der Waals surface area contributed by atoms with Crippen LogP contribution in [0.2, 0.25) is 0 Å². The van der Waals surface area contributed by atoms with E-state index in [2.05, 4.69) is 17.9 Å². The van der Waals surface area contributed by atoms with E-state index in [0.717, 1.165) is 4.90 Å². The second-order valence-electron chi connectivity index (χ2n) is 4.26. The zero-order valence-electron chi connectivity index (χ0n) is 10.4. The van der Waals surface area contributed by atoms with Crippen LogP contribution in [-0.2, 0) is 0 Å². The lowest BCUT2D eigenvalue weighted by atomic mass is 10.1. The van der Waals surface area contributed by atoms with Crippen LogP contribution in [0.5, 0.6) is 0 Å². The molecule has 0 aliphatic heterocycles. The predicted octanol–water partition coefficient (Wildman–Crippen LogP) is 3.61. The SMILES string of the molecule is CC(NC(=O)c1ccc(S)cc1)c1ccccc1F. The smallest absolute Gasteiger partial charge is 0.251 e. The molecule has 2 nitrogen and oxygen atoms in total. The van der Waals surface area contributed by atoms with Crippen LogP contribution in [0.4, 0.5) is 4.39 Å². The van der Waals surface area contributed by atoms with Gasteiger partial charge in [-0.3, -0.25) is 4.79 Å². The number of nitrogens with one attached hydrogen (secondary N) is 1. The van der Waals surface area contributed by atoms with Crippen molar-refractivity contribution in [2.24, 2.45) is 0 Å². The Balaban J connectivity index is 2.11. The molecule has 1 unspecified atom stereocenters. The van der Waals surface area contributed by atoms with E-state index in [1.54, 1.807) is 49.4 Å². The van der Waals surface area contributed by atoms with Gasteiger partial charge in [0.05, 0.1) is 6.04 Å². The van der Waals surface area contributed by atoms with Crippen molar-refractivity contribution < 1.29 is 9.18 Å². The normalized spacial score (nSPS) is 11.9. The maximum atomic E-state index is 13.6. The van der Waals surface area contributed by atoms with Gasteiger partial charge < -0.3 is 5.32 Å². The fourth-order valence-corrected chi connectivity index (χ4v) is 1.95. The van der Waals surface area contributed by atoms with Crippen molar-refractivity contribution in [3.05, 3.63) is 65.5 Å². The van der Waals surface area contributed by atoms with Crippen LogP contribution in [0.25, 0.3) is 0 Å². The van der Waals surface area contributed by atoms with E-state index in [1.165, 1.54) is 6.07 Å². The van der Waals surface area contributed by atoms with Gasteiger partial charge in [-0.15, -0.1) is 12.6 Å². The number of hydrogen-bond donors (Lipinski definition) is 2. The van der Waals surface area contributed by atoms with Crippen molar-refractivity contribution in [3.63, 3.8) is 0 Å². The molecule has 0 heterocycles. The van der Waals surface area contributed by atoms with E-state index in [1.807, 2.05) is 0 Å². The van der Waals surface area contributed by atoms with Crippen molar-refractivity contribution >= 4 is 18.5 Å². The molecule has 0 saturated carbocycles. The van der Waals surface area contributed by atoms with Gasteiger partial charge in [0.25, 0.3) is 5.91 Å². The van der Waals surface area contributed by atoms with Crippen molar-refractivity contribution in [1.82, 2.24) is 5.32 Å². The molecule has 1 N–H and O–H groups in total. The van der Waals surface area contributed by atoms with Gasteiger partial charge >= 0.3 is 0 Å². The zero-order chi connectivity index (χ0) is 13.8. The predicted molar refractivity (Wildman–Crippen MR) is 76.0 cm³/mol. The van der Waals surface area contributed by atoms with E-state index in [-0.39, 0.29) is 17.8 Å². The largest absolute Gasteiger partial charge is 0.345 e. The molecule has 0 fully saturated rings. The first-order chi connectivity index (χ1) is 9.08. The number of hydrogen-bond acceptors (Lipinski definition) is 2. The number of halogens is 1. The lowest BCUT2D eigenvalue weighted by molar-refractivity contribution is 0.0939. The van der Waals surface area contributed by atoms with Gasteiger partial charge in [0, 0.05) is 16.0 Å². The summed E-state index contributed by atoms with van der Waals surface area (Å²) in [6, 6.07) is 12.9. The lowest BCUT2D eigenvalue weighted by Crippen LogP contribution is -2.27. The van der Waals surface area contributed by atoms with Gasteiger partial charge in [-0.1, -0.05) is 18.2 Å². The van der Waals surface area contributed by atoms with Crippen LogP contribution in [0.1, 0.15) is 28.9 Å². The average molecular weight is 275 g/mol. The molecule has 98 valence electrons. The van der Waals surface area contributed by atoms with Crippen LogP contribution in [0.15, 0.2) is 53.4 Å². The van der Waals surface area contributed by atoms with E-state index in [9.17, 15) is 9.18 Å². The van der Waals surface area contributed by atoms with Gasteiger partial charge in [-0.05, 0) is 37.3 Å². The Morgan fingerprint density at radius 3 is 2.42 bits per heavy atom. The minimum Gasteiger partial charge on any atom is -0.345 e. The summed E-state index contributed by atoms with van der Waals surface area (Å²) in [5.41, 5.74) is 1.00. The summed E-state index contributed by atoms with van der Waals surface area (Å²) in [6.45, 7) is 1.75. The Bertz CT molecular complexity index is 583. The molecule has 0 spiro atoms. The fourth-order valence-electron chi connectivity index (χ4n) is 1.80. The molecular formula is C15H14FNOS. The molecule has 0 bridgehead atoms. The highest BCUT2D eigenvalue weighted by molar-refractivity contribution is 7.80. The summed E-state index contributed by atoms with van der Waals surface area (Å²) in [5, 5.41) is 2.77. The van der Waals surface area contributed by atoms with Crippen LogP contribution in [0.3, 0.4) is 0 Å². The highest BCUT2D eigenvalue weighted by Gasteiger charge is 2.14. The first-order valence-electron chi connectivity index (χ1n) is 5.92. The van der Waals surface area contributed by atoms with Crippen LogP contribution >= 0.6 is 12.6 Å². The molecule has 0 saturated heterocycles. The standard InChI is InChI=1S/C15H14FNOS/c1-10(13-4-2-3-5-14(13)16)17-15(18)11-6-8-12(19)9-7-11/h2-10,19H,1H3,(H,17,18). The maximum absolute atomic E-state index is 13.6. The number of thiol groups is 1. The molecule has 2 aromatic rings. The second kappa shape index (κ2) is 5.89. The minimum atomic E-state index is -0.385. The molecule has 4 heteroatoms. The Kier molecular flexibility index (Phi) is 4.22. The first kappa shape index (κ1) is 13.6. The third kappa shape index (κ3) is 3.35. The Labute approximate surface area is 117 Å². The molecule has 2 aromatic carbocycles. The number of carbonyl (C=O) groups excluding carboxylic acids is 1. The molecule has 1 atom stereocenters. The summed E-state index contributed by atoms with van der Waals surface area (Å²) in [6.07, 6.45) is 0.